The van der Waals surface area contributed by atoms with Gasteiger partial charge in [-0.3, -0.25) is 4.18 Å². The van der Waals surface area contributed by atoms with Gasteiger partial charge in [-0.25, -0.2) is 4.79 Å². The largest absolute Gasteiger partial charge is 0.449 e. The summed E-state index contributed by atoms with van der Waals surface area (Å²) in [6.45, 7) is 2.80. The number of alkyl carbamates (subject to hydrolysis) is 1. The number of hydrogen-bond donors (Lipinski definition) is 1. The van der Waals surface area contributed by atoms with E-state index < -0.39 is 16.2 Å². The highest BCUT2D eigenvalue weighted by molar-refractivity contribution is 7.86. The van der Waals surface area contributed by atoms with Crippen molar-refractivity contribution in [2.75, 3.05) is 59.4 Å². The average Bonchev–Trinajstić information content (AvgIpc) is 3.30. The lowest BCUT2D eigenvalue weighted by molar-refractivity contribution is 0.00938. The summed E-state index contributed by atoms with van der Waals surface area (Å²) in [7, 11) is -3.76. The van der Waals surface area contributed by atoms with Crippen molar-refractivity contribution >= 4 is 16.2 Å². The van der Waals surface area contributed by atoms with Crippen molar-refractivity contribution in [2.24, 2.45) is 0 Å². The van der Waals surface area contributed by atoms with E-state index in [9.17, 15) is 13.2 Å². The Morgan fingerprint density at radius 2 is 1.20 bits per heavy atom. The summed E-state index contributed by atoms with van der Waals surface area (Å²) in [5.41, 5.74) is 4.76. The van der Waals surface area contributed by atoms with E-state index in [4.69, 9.17) is 23.1 Å². The van der Waals surface area contributed by atoms with E-state index in [0.717, 1.165) is 0 Å². The van der Waals surface area contributed by atoms with Gasteiger partial charge in [0.05, 0.1) is 44.5 Å². The molecule has 0 aromatic heterocycles. The fraction of sp³-hybridized carbons (Fsp3) is 0.367. The number of hydrogen-bond acceptors (Lipinski definition) is 8. The second-order valence-corrected chi connectivity index (χ2v) is 10.6. The van der Waals surface area contributed by atoms with E-state index in [2.05, 4.69) is 29.6 Å². The van der Waals surface area contributed by atoms with Crippen LogP contribution in [0.4, 0.5) is 4.79 Å². The van der Waals surface area contributed by atoms with Gasteiger partial charge < -0.3 is 24.3 Å². The molecule has 40 heavy (non-hydrogen) atoms. The molecule has 1 amide bonds. The highest BCUT2D eigenvalue weighted by Gasteiger charge is 2.28. The van der Waals surface area contributed by atoms with Crippen LogP contribution < -0.4 is 5.32 Å². The molecule has 214 valence electrons. The van der Waals surface area contributed by atoms with Gasteiger partial charge in [0.2, 0.25) is 0 Å². The molecule has 0 spiro atoms. The summed E-state index contributed by atoms with van der Waals surface area (Å²) >= 11 is 0. The van der Waals surface area contributed by atoms with Crippen LogP contribution in [0.25, 0.3) is 11.1 Å². The Balaban J connectivity index is 0.965. The van der Waals surface area contributed by atoms with Gasteiger partial charge in [-0.15, -0.1) is 0 Å². The minimum absolute atomic E-state index is 0.0380. The van der Waals surface area contributed by atoms with Crippen molar-refractivity contribution in [3.8, 4) is 11.1 Å². The standard InChI is InChI=1S/C30H35NO8S/c32-30(38-23-29-27-13-6-4-11-25(27)26-12-5-7-14-28(26)29)31-15-8-16-35-17-18-36-19-20-37-21-22-39-40(33,34)24-9-2-1-3-10-24/h1-7,9-14,29H,8,15-23H2,(H,31,32). The molecule has 0 fully saturated rings. The van der Waals surface area contributed by atoms with Gasteiger partial charge in [0.15, 0.2) is 0 Å². The molecule has 3 aromatic carbocycles. The van der Waals surface area contributed by atoms with Gasteiger partial charge in [-0.2, -0.15) is 8.42 Å². The van der Waals surface area contributed by atoms with Crippen molar-refractivity contribution in [2.45, 2.75) is 17.2 Å². The van der Waals surface area contributed by atoms with Crippen LogP contribution in [0.2, 0.25) is 0 Å². The number of nitrogens with one attached hydrogen (secondary N) is 1. The SMILES string of the molecule is O=C(NCCCOCCOCCOCCOS(=O)(=O)c1ccccc1)OCC1c2ccccc2-c2ccccc21. The number of rotatable bonds is 17. The van der Waals surface area contributed by atoms with E-state index in [1.165, 1.54) is 34.4 Å². The first-order valence-electron chi connectivity index (χ1n) is 13.3. The van der Waals surface area contributed by atoms with Crippen molar-refractivity contribution in [3.05, 3.63) is 90.0 Å². The van der Waals surface area contributed by atoms with Crippen LogP contribution in [-0.2, 0) is 33.2 Å². The van der Waals surface area contributed by atoms with E-state index in [1.807, 2.05) is 24.3 Å². The predicted octanol–water partition coefficient (Wildman–Crippen LogP) is 4.37. The molecule has 0 saturated heterocycles. The molecule has 1 aliphatic rings. The number of carbonyl (C=O) groups excluding carboxylic acids is 1. The number of fused-ring (bicyclic) bond motifs is 3. The molecular formula is C30H35NO8S. The first kappa shape index (κ1) is 29.7. The smallest absolute Gasteiger partial charge is 0.407 e. The molecule has 0 aliphatic heterocycles. The molecule has 10 heteroatoms. The summed E-state index contributed by atoms with van der Waals surface area (Å²) in [4.78, 5) is 12.3. The minimum Gasteiger partial charge on any atom is -0.449 e. The molecule has 4 rings (SSSR count). The van der Waals surface area contributed by atoms with Crippen molar-refractivity contribution < 1.29 is 36.3 Å². The molecule has 0 bridgehead atoms. The first-order valence-corrected chi connectivity index (χ1v) is 14.7. The monoisotopic (exact) mass is 569 g/mol. The van der Waals surface area contributed by atoms with Gasteiger partial charge in [0.1, 0.15) is 6.61 Å². The number of amides is 1. The molecule has 0 radical (unpaired) electrons. The van der Waals surface area contributed by atoms with Crippen LogP contribution in [0.3, 0.4) is 0 Å². The lowest BCUT2D eigenvalue weighted by Crippen LogP contribution is -2.27. The van der Waals surface area contributed by atoms with Gasteiger partial charge in [-0.1, -0.05) is 66.7 Å². The molecule has 1 N–H and O–H groups in total. The Bertz CT molecular complexity index is 1270. The molecular weight excluding hydrogens is 534 g/mol. The Labute approximate surface area is 235 Å². The molecule has 9 nitrogen and oxygen atoms in total. The lowest BCUT2D eigenvalue weighted by Gasteiger charge is -2.14. The molecule has 0 atom stereocenters. The van der Waals surface area contributed by atoms with Crippen LogP contribution >= 0.6 is 0 Å². The van der Waals surface area contributed by atoms with Crippen LogP contribution in [-0.4, -0.2) is 73.9 Å². The van der Waals surface area contributed by atoms with Crippen LogP contribution in [0, 0.1) is 0 Å². The molecule has 0 saturated carbocycles. The zero-order valence-corrected chi connectivity index (χ0v) is 23.1. The van der Waals surface area contributed by atoms with Gasteiger partial charge in [0, 0.05) is 19.1 Å². The summed E-state index contributed by atoms with van der Waals surface area (Å²) < 4.78 is 50.7. The molecule has 0 heterocycles. The third kappa shape index (κ3) is 8.61. The normalized spacial score (nSPS) is 12.6. The quantitative estimate of drug-likeness (QED) is 0.189. The maximum Gasteiger partial charge on any atom is 0.407 e. The van der Waals surface area contributed by atoms with Crippen LogP contribution in [0.1, 0.15) is 23.5 Å². The Morgan fingerprint density at radius 1 is 0.675 bits per heavy atom. The maximum absolute atomic E-state index is 12.2. The van der Waals surface area contributed by atoms with Crippen LogP contribution in [0.15, 0.2) is 83.8 Å². The van der Waals surface area contributed by atoms with Gasteiger partial charge >= 0.3 is 6.09 Å². The summed E-state index contributed by atoms with van der Waals surface area (Å²) in [6.07, 6.45) is 0.215. The van der Waals surface area contributed by atoms with Crippen molar-refractivity contribution in [1.82, 2.24) is 5.32 Å². The maximum atomic E-state index is 12.2. The summed E-state index contributed by atoms with van der Waals surface area (Å²) in [5, 5.41) is 2.77. The zero-order valence-electron chi connectivity index (χ0n) is 22.3. The number of benzene rings is 3. The highest BCUT2D eigenvalue weighted by atomic mass is 32.2. The minimum atomic E-state index is -3.76. The Morgan fingerprint density at radius 3 is 1.82 bits per heavy atom. The molecule has 0 unspecified atom stereocenters. The topological polar surface area (TPSA) is 109 Å². The fourth-order valence-electron chi connectivity index (χ4n) is 4.41. The van der Waals surface area contributed by atoms with Crippen LogP contribution in [0.5, 0.6) is 0 Å². The molecule has 1 aliphatic carbocycles. The Kier molecular flexibility index (Phi) is 11.5. The third-order valence-corrected chi connectivity index (χ3v) is 7.65. The number of ether oxygens (including phenoxy) is 4. The molecule has 3 aromatic rings. The van der Waals surface area contributed by atoms with E-state index in [-0.39, 0.29) is 30.6 Å². The van der Waals surface area contributed by atoms with Gasteiger partial charge in [0.25, 0.3) is 10.1 Å². The summed E-state index contributed by atoms with van der Waals surface area (Å²) in [5.74, 6) is 0.0380. The average molecular weight is 570 g/mol. The predicted molar refractivity (Wildman–Crippen MR) is 150 cm³/mol. The highest BCUT2D eigenvalue weighted by Crippen LogP contribution is 2.44. The second-order valence-electron chi connectivity index (χ2n) is 9.03. The Hall–Kier alpha value is -3.28. The van der Waals surface area contributed by atoms with E-state index >= 15 is 0 Å². The van der Waals surface area contributed by atoms with Crippen molar-refractivity contribution in [1.29, 1.82) is 0 Å². The first-order chi connectivity index (χ1) is 19.6. The fourth-order valence-corrected chi connectivity index (χ4v) is 5.33. The lowest BCUT2D eigenvalue weighted by atomic mass is 9.98. The zero-order chi connectivity index (χ0) is 28.0. The van der Waals surface area contributed by atoms with Crippen molar-refractivity contribution in [3.63, 3.8) is 0 Å². The van der Waals surface area contributed by atoms with Gasteiger partial charge in [-0.05, 0) is 40.8 Å². The number of carbonyl (C=O) groups is 1. The van der Waals surface area contributed by atoms with E-state index in [1.54, 1.807) is 18.2 Å². The summed E-state index contributed by atoms with van der Waals surface area (Å²) in [6, 6.07) is 24.4. The third-order valence-electron chi connectivity index (χ3n) is 6.32. The second kappa shape index (κ2) is 15.5. The van der Waals surface area contributed by atoms with E-state index in [0.29, 0.717) is 46.0 Å².